The summed E-state index contributed by atoms with van der Waals surface area (Å²) < 4.78 is 10.7. The van der Waals surface area contributed by atoms with Gasteiger partial charge in [0.05, 0.1) is 0 Å². The maximum Gasteiger partial charge on any atom is 0.231 e. The zero-order valence-corrected chi connectivity index (χ0v) is 10.1. The van der Waals surface area contributed by atoms with Crippen LogP contribution in [-0.2, 0) is 6.54 Å². The number of benzene rings is 1. The summed E-state index contributed by atoms with van der Waals surface area (Å²) in [5.41, 5.74) is 1.29. The maximum atomic E-state index is 5.40. The van der Waals surface area contributed by atoms with E-state index in [1.807, 2.05) is 6.07 Å². The zero-order chi connectivity index (χ0) is 11.7. The highest BCUT2D eigenvalue weighted by molar-refractivity contribution is 5.44. The van der Waals surface area contributed by atoms with Crippen LogP contribution in [0.25, 0.3) is 0 Å². The molecule has 0 radical (unpaired) electrons. The molecule has 4 heteroatoms. The van der Waals surface area contributed by atoms with Gasteiger partial charge in [-0.05, 0) is 24.6 Å². The lowest BCUT2D eigenvalue weighted by Gasteiger charge is -2.31. The average molecular weight is 234 g/mol. The normalized spacial score (nSPS) is 23.9. The summed E-state index contributed by atoms with van der Waals surface area (Å²) in [7, 11) is 0. The monoisotopic (exact) mass is 234 g/mol. The van der Waals surface area contributed by atoms with Crippen molar-refractivity contribution in [3.8, 4) is 11.5 Å². The van der Waals surface area contributed by atoms with Crippen LogP contribution in [0, 0.1) is 0 Å². The van der Waals surface area contributed by atoms with E-state index in [0.29, 0.717) is 12.8 Å². The summed E-state index contributed by atoms with van der Waals surface area (Å²) in [5.74, 6) is 1.74. The SMILES string of the molecule is CC1CN(Cc2ccc3c(c2)OCO3)CCN1. The van der Waals surface area contributed by atoms with Crippen molar-refractivity contribution in [2.24, 2.45) is 0 Å². The lowest BCUT2D eigenvalue weighted by molar-refractivity contribution is 0.173. The lowest BCUT2D eigenvalue weighted by atomic mass is 10.1. The average Bonchev–Trinajstić information content (AvgIpc) is 2.76. The summed E-state index contributed by atoms with van der Waals surface area (Å²) >= 11 is 0. The smallest absolute Gasteiger partial charge is 0.231 e. The Labute approximate surface area is 102 Å². The number of ether oxygens (including phenoxy) is 2. The summed E-state index contributed by atoms with van der Waals surface area (Å²) in [5, 5.41) is 3.45. The Hall–Kier alpha value is -1.26. The van der Waals surface area contributed by atoms with E-state index in [-0.39, 0.29) is 0 Å². The van der Waals surface area contributed by atoms with E-state index in [1.54, 1.807) is 0 Å². The number of nitrogens with one attached hydrogen (secondary N) is 1. The van der Waals surface area contributed by atoms with E-state index >= 15 is 0 Å². The standard InChI is InChI=1S/C13H18N2O2/c1-10-7-15(5-4-14-10)8-11-2-3-12-13(6-11)17-9-16-12/h2-3,6,10,14H,4-5,7-9H2,1H3. The van der Waals surface area contributed by atoms with Crippen molar-refractivity contribution in [1.29, 1.82) is 0 Å². The van der Waals surface area contributed by atoms with Crippen LogP contribution in [-0.4, -0.2) is 37.4 Å². The lowest BCUT2D eigenvalue weighted by Crippen LogP contribution is -2.48. The van der Waals surface area contributed by atoms with Crippen LogP contribution in [0.2, 0.25) is 0 Å². The van der Waals surface area contributed by atoms with E-state index in [9.17, 15) is 0 Å². The van der Waals surface area contributed by atoms with Gasteiger partial charge in [-0.25, -0.2) is 0 Å². The number of piperazine rings is 1. The molecule has 17 heavy (non-hydrogen) atoms. The molecule has 0 spiro atoms. The molecule has 3 rings (SSSR count). The molecule has 1 atom stereocenters. The maximum absolute atomic E-state index is 5.40. The molecular weight excluding hydrogens is 216 g/mol. The van der Waals surface area contributed by atoms with E-state index in [2.05, 4.69) is 29.3 Å². The topological polar surface area (TPSA) is 33.7 Å². The van der Waals surface area contributed by atoms with Crippen molar-refractivity contribution in [2.75, 3.05) is 26.4 Å². The van der Waals surface area contributed by atoms with E-state index in [4.69, 9.17) is 9.47 Å². The third-order valence-corrected chi connectivity index (χ3v) is 3.30. The number of fused-ring (bicyclic) bond motifs is 1. The van der Waals surface area contributed by atoms with Crippen LogP contribution in [0.1, 0.15) is 12.5 Å². The van der Waals surface area contributed by atoms with Crippen LogP contribution in [0.5, 0.6) is 11.5 Å². The van der Waals surface area contributed by atoms with Gasteiger partial charge in [0.1, 0.15) is 0 Å². The fraction of sp³-hybridized carbons (Fsp3) is 0.538. The van der Waals surface area contributed by atoms with Crippen LogP contribution in [0.3, 0.4) is 0 Å². The summed E-state index contributed by atoms with van der Waals surface area (Å²) in [6, 6.07) is 6.80. The molecule has 1 fully saturated rings. The van der Waals surface area contributed by atoms with Crippen LogP contribution in [0.4, 0.5) is 0 Å². The fourth-order valence-electron chi connectivity index (χ4n) is 2.45. The summed E-state index contributed by atoms with van der Waals surface area (Å²) in [6.07, 6.45) is 0. The van der Waals surface area contributed by atoms with Gasteiger partial charge in [-0.3, -0.25) is 4.90 Å². The van der Waals surface area contributed by atoms with Gasteiger partial charge in [0, 0.05) is 32.2 Å². The van der Waals surface area contributed by atoms with Crippen molar-refractivity contribution in [3.05, 3.63) is 23.8 Å². The molecular formula is C13H18N2O2. The van der Waals surface area contributed by atoms with Gasteiger partial charge < -0.3 is 14.8 Å². The number of hydrogen-bond donors (Lipinski definition) is 1. The van der Waals surface area contributed by atoms with E-state index in [0.717, 1.165) is 37.7 Å². The van der Waals surface area contributed by atoms with Gasteiger partial charge in [0.25, 0.3) is 0 Å². The zero-order valence-electron chi connectivity index (χ0n) is 10.1. The molecule has 2 heterocycles. The summed E-state index contributed by atoms with van der Waals surface area (Å²) in [6.45, 7) is 6.86. The highest BCUT2D eigenvalue weighted by atomic mass is 16.7. The molecule has 1 saturated heterocycles. The Kier molecular flexibility index (Phi) is 2.91. The highest BCUT2D eigenvalue weighted by Gasteiger charge is 2.17. The molecule has 0 bridgehead atoms. The van der Waals surface area contributed by atoms with E-state index < -0.39 is 0 Å². The second-order valence-corrected chi connectivity index (χ2v) is 4.78. The predicted molar refractivity (Wildman–Crippen MR) is 65.3 cm³/mol. The predicted octanol–water partition coefficient (Wildman–Crippen LogP) is 1.21. The first-order chi connectivity index (χ1) is 8.31. The second kappa shape index (κ2) is 4.55. The van der Waals surface area contributed by atoms with E-state index in [1.165, 1.54) is 5.56 Å². The van der Waals surface area contributed by atoms with Gasteiger partial charge in [-0.15, -0.1) is 0 Å². The molecule has 4 nitrogen and oxygen atoms in total. The van der Waals surface area contributed by atoms with Crippen molar-refractivity contribution in [2.45, 2.75) is 19.5 Å². The molecule has 0 aromatic heterocycles. The Bertz CT molecular complexity index is 408. The third-order valence-electron chi connectivity index (χ3n) is 3.30. The van der Waals surface area contributed by atoms with Crippen LogP contribution < -0.4 is 14.8 Å². The highest BCUT2D eigenvalue weighted by Crippen LogP contribution is 2.32. The minimum absolute atomic E-state index is 0.351. The van der Waals surface area contributed by atoms with Crippen LogP contribution >= 0.6 is 0 Å². The van der Waals surface area contributed by atoms with Gasteiger partial charge in [-0.2, -0.15) is 0 Å². The largest absolute Gasteiger partial charge is 0.454 e. The number of nitrogens with zero attached hydrogens (tertiary/aromatic N) is 1. The Balaban J connectivity index is 1.68. The summed E-state index contributed by atoms with van der Waals surface area (Å²) in [4.78, 5) is 2.47. The molecule has 0 aliphatic carbocycles. The first-order valence-corrected chi connectivity index (χ1v) is 6.15. The molecule has 2 aliphatic rings. The Morgan fingerprint density at radius 3 is 3.12 bits per heavy atom. The molecule has 2 aliphatic heterocycles. The van der Waals surface area contributed by atoms with Crippen molar-refractivity contribution >= 4 is 0 Å². The minimum atomic E-state index is 0.351. The number of rotatable bonds is 2. The van der Waals surface area contributed by atoms with Crippen molar-refractivity contribution in [3.63, 3.8) is 0 Å². The third kappa shape index (κ3) is 2.37. The van der Waals surface area contributed by atoms with Crippen molar-refractivity contribution < 1.29 is 9.47 Å². The molecule has 0 amide bonds. The van der Waals surface area contributed by atoms with Gasteiger partial charge in [0.15, 0.2) is 11.5 Å². The van der Waals surface area contributed by atoms with Gasteiger partial charge in [0.2, 0.25) is 6.79 Å². The Morgan fingerprint density at radius 1 is 1.35 bits per heavy atom. The first kappa shape index (κ1) is 10.9. The van der Waals surface area contributed by atoms with Crippen molar-refractivity contribution in [1.82, 2.24) is 10.2 Å². The van der Waals surface area contributed by atoms with Crippen LogP contribution in [0.15, 0.2) is 18.2 Å². The molecule has 1 aromatic rings. The first-order valence-electron chi connectivity index (χ1n) is 6.15. The van der Waals surface area contributed by atoms with Gasteiger partial charge >= 0.3 is 0 Å². The number of hydrogen-bond acceptors (Lipinski definition) is 4. The Morgan fingerprint density at radius 2 is 2.24 bits per heavy atom. The molecule has 92 valence electrons. The molecule has 1 aromatic carbocycles. The quantitative estimate of drug-likeness (QED) is 0.834. The molecule has 0 saturated carbocycles. The second-order valence-electron chi connectivity index (χ2n) is 4.78. The fourth-order valence-corrected chi connectivity index (χ4v) is 2.45. The molecule has 1 N–H and O–H groups in total. The van der Waals surface area contributed by atoms with Gasteiger partial charge in [-0.1, -0.05) is 6.07 Å². The molecule has 1 unspecified atom stereocenters. The minimum Gasteiger partial charge on any atom is -0.454 e.